The van der Waals surface area contributed by atoms with Crippen LogP contribution in [0.25, 0.3) is 10.6 Å². The molecule has 0 aliphatic heterocycles. The van der Waals surface area contributed by atoms with Crippen LogP contribution >= 0.6 is 11.3 Å². The van der Waals surface area contributed by atoms with Gasteiger partial charge in [0.05, 0.1) is 12.1 Å². The minimum Gasteiger partial charge on any atom is -0.309 e. The first-order chi connectivity index (χ1) is 10.6. The van der Waals surface area contributed by atoms with Crippen molar-refractivity contribution in [1.82, 2.24) is 15.2 Å². The quantitative estimate of drug-likeness (QED) is 0.776. The fourth-order valence-electron chi connectivity index (χ4n) is 2.05. The van der Waals surface area contributed by atoms with Crippen molar-refractivity contribution in [3.8, 4) is 10.6 Å². The van der Waals surface area contributed by atoms with E-state index in [2.05, 4.69) is 39.6 Å². The fraction of sp³-hybridized carbons (Fsp3) is 0.188. The van der Waals surface area contributed by atoms with Gasteiger partial charge < -0.3 is 5.32 Å². The monoisotopic (exact) mass is 312 g/mol. The lowest BCUT2D eigenvalue weighted by Crippen LogP contribution is -2.14. The number of aryl methyl sites for hydroxylation is 2. The number of carbonyl (C=O) groups is 1. The van der Waals surface area contributed by atoms with E-state index >= 15 is 0 Å². The standard InChI is InChI=1S/C16H16N4OS/c1-10-3-5-12(6-4-10)16-17-13(9-22-16)8-15(21)18-14-7-11(2)19-20-14/h3-7,9H,8H2,1-2H3,(H2,18,19,20,21). The van der Waals surface area contributed by atoms with E-state index in [1.807, 2.05) is 24.4 Å². The van der Waals surface area contributed by atoms with Crippen molar-refractivity contribution in [3.63, 3.8) is 0 Å². The Bertz CT molecular complexity index is 789. The molecule has 0 saturated heterocycles. The smallest absolute Gasteiger partial charge is 0.231 e. The summed E-state index contributed by atoms with van der Waals surface area (Å²) in [4.78, 5) is 16.5. The first kappa shape index (κ1) is 14.5. The Balaban J connectivity index is 1.66. The molecule has 112 valence electrons. The summed E-state index contributed by atoms with van der Waals surface area (Å²) < 4.78 is 0. The number of nitrogens with one attached hydrogen (secondary N) is 2. The van der Waals surface area contributed by atoms with Gasteiger partial charge in [0.25, 0.3) is 0 Å². The number of rotatable bonds is 4. The van der Waals surface area contributed by atoms with Crippen LogP contribution in [0.3, 0.4) is 0 Å². The summed E-state index contributed by atoms with van der Waals surface area (Å²) in [6, 6.07) is 10.00. The van der Waals surface area contributed by atoms with Crippen molar-refractivity contribution >= 4 is 23.1 Å². The molecule has 0 saturated carbocycles. The molecule has 3 rings (SSSR count). The number of benzene rings is 1. The van der Waals surface area contributed by atoms with Crippen LogP contribution in [0.4, 0.5) is 5.82 Å². The molecule has 0 bridgehead atoms. The third kappa shape index (κ3) is 3.40. The van der Waals surface area contributed by atoms with Gasteiger partial charge in [0, 0.05) is 22.7 Å². The van der Waals surface area contributed by atoms with Gasteiger partial charge in [-0.1, -0.05) is 29.8 Å². The Kier molecular flexibility index (Phi) is 4.02. The molecule has 0 radical (unpaired) electrons. The number of carbonyl (C=O) groups excluding carboxylic acids is 1. The molecular weight excluding hydrogens is 296 g/mol. The molecule has 0 spiro atoms. The molecule has 22 heavy (non-hydrogen) atoms. The van der Waals surface area contributed by atoms with E-state index < -0.39 is 0 Å². The van der Waals surface area contributed by atoms with Crippen LogP contribution in [0, 0.1) is 13.8 Å². The summed E-state index contributed by atoms with van der Waals surface area (Å²) in [5.74, 6) is 0.420. The zero-order valence-corrected chi connectivity index (χ0v) is 13.2. The van der Waals surface area contributed by atoms with Gasteiger partial charge >= 0.3 is 0 Å². The van der Waals surface area contributed by atoms with Crippen LogP contribution in [0.5, 0.6) is 0 Å². The minimum atomic E-state index is -0.118. The van der Waals surface area contributed by atoms with Crippen molar-refractivity contribution in [3.05, 3.63) is 52.7 Å². The molecule has 6 heteroatoms. The van der Waals surface area contributed by atoms with Gasteiger partial charge in [-0.2, -0.15) is 5.10 Å². The Morgan fingerprint density at radius 3 is 2.73 bits per heavy atom. The lowest BCUT2D eigenvalue weighted by atomic mass is 10.2. The lowest BCUT2D eigenvalue weighted by Gasteiger charge is -1.99. The predicted octanol–water partition coefficient (Wildman–Crippen LogP) is 3.33. The second-order valence-corrected chi connectivity index (χ2v) is 6.03. The summed E-state index contributed by atoms with van der Waals surface area (Å²) >= 11 is 1.55. The third-order valence-electron chi connectivity index (χ3n) is 3.17. The molecule has 1 aromatic carbocycles. The van der Waals surface area contributed by atoms with E-state index in [1.165, 1.54) is 5.56 Å². The number of hydrogen-bond acceptors (Lipinski definition) is 4. The highest BCUT2D eigenvalue weighted by Crippen LogP contribution is 2.24. The molecule has 0 aliphatic carbocycles. The summed E-state index contributed by atoms with van der Waals surface area (Å²) in [6.45, 7) is 3.94. The van der Waals surface area contributed by atoms with Crippen LogP contribution in [-0.2, 0) is 11.2 Å². The molecule has 3 aromatic rings. The van der Waals surface area contributed by atoms with E-state index in [0.717, 1.165) is 22.0 Å². The van der Waals surface area contributed by atoms with Gasteiger partial charge in [0.2, 0.25) is 5.91 Å². The molecular formula is C16H16N4OS. The van der Waals surface area contributed by atoms with Crippen LogP contribution in [0.1, 0.15) is 17.0 Å². The number of anilines is 1. The second-order valence-electron chi connectivity index (χ2n) is 5.17. The van der Waals surface area contributed by atoms with Gasteiger partial charge in [0.15, 0.2) is 5.82 Å². The van der Waals surface area contributed by atoms with Gasteiger partial charge in [-0.3, -0.25) is 9.89 Å². The number of H-pyrrole nitrogens is 1. The van der Waals surface area contributed by atoms with E-state index in [-0.39, 0.29) is 12.3 Å². The Morgan fingerprint density at radius 1 is 1.27 bits per heavy atom. The van der Waals surface area contributed by atoms with Crippen molar-refractivity contribution in [2.45, 2.75) is 20.3 Å². The molecule has 1 amide bonds. The van der Waals surface area contributed by atoms with Crippen LogP contribution in [0.2, 0.25) is 0 Å². The molecule has 2 N–H and O–H groups in total. The topological polar surface area (TPSA) is 70.7 Å². The Labute approximate surface area is 132 Å². The van der Waals surface area contributed by atoms with Gasteiger partial charge in [-0.15, -0.1) is 11.3 Å². The summed E-state index contributed by atoms with van der Waals surface area (Å²) in [6.07, 6.45) is 0.244. The Hall–Kier alpha value is -2.47. The first-order valence-electron chi connectivity index (χ1n) is 6.93. The number of aromatic nitrogens is 3. The van der Waals surface area contributed by atoms with Gasteiger partial charge in [0.1, 0.15) is 5.01 Å². The van der Waals surface area contributed by atoms with E-state index in [0.29, 0.717) is 5.82 Å². The average molecular weight is 312 g/mol. The predicted molar refractivity (Wildman–Crippen MR) is 87.9 cm³/mol. The number of aromatic amines is 1. The number of amides is 1. The van der Waals surface area contributed by atoms with Crippen molar-refractivity contribution in [1.29, 1.82) is 0 Å². The number of hydrogen-bond donors (Lipinski definition) is 2. The molecule has 0 aliphatic rings. The molecule has 2 heterocycles. The van der Waals surface area contributed by atoms with Crippen molar-refractivity contribution < 1.29 is 4.79 Å². The maximum absolute atomic E-state index is 12.0. The van der Waals surface area contributed by atoms with Gasteiger partial charge in [-0.05, 0) is 13.8 Å². The number of nitrogens with zero attached hydrogens (tertiary/aromatic N) is 2. The van der Waals surface area contributed by atoms with E-state index in [4.69, 9.17) is 0 Å². The molecule has 0 unspecified atom stereocenters. The highest BCUT2D eigenvalue weighted by Gasteiger charge is 2.10. The fourth-order valence-corrected chi connectivity index (χ4v) is 2.88. The normalized spacial score (nSPS) is 10.6. The zero-order valence-electron chi connectivity index (χ0n) is 12.4. The molecule has 0 fully saturated rings. The highest BCUT2D eigenvalue weighted by molar-refractivity contribution is 7.13. The summed E-state index contributed by atoms with van der Waals surface area (Å²) in [5, 5.41) is 12.4. The zero-order chi connectivity index (χ0) is 15.5. The summed E-state index contributed by atoms with van der Waals surface area (Å²) in [5.41, 5.74) is 3.97. The van der Waals surface area contributed by atoms with E-state index in [1.54, 1.807) is 17.4 Å². The SMILES string of the molecule is Cc1ccc(-c2nc(CC(=O)Nc3cc(C)[nH]n3)cs2)cc1. The largest absolute Gasteiger partial charge is 0.309 e. The van der Waals surface area contributed by atoms with Crippen LogP contribution < -0.4 is 5.32 Å². The van der Waals surface area contributed by atoms with Crippen molar-refractivity contribution in [2.75, 3.05) is 5.32 Å². The third-order valence-corrected chi connectivity index (χ3v) is 4.11. The minimum absolute atomic E-state index is 0.118. The second kappa shape index (κ2) is 6.11. The van der Waals surface area contributed by atoms with Gasteiger partial charge in [-0.25, -0.2) is 4.98 Å². The molecule has 5 nitrogen and oxygen atoms in total. The maximum atomic E-state index is 12.0. The highest BCUT2D eigenvalue weighted by atomic mass is 32.1. The molecule has 2 aromatic heterocycles. The number of thiazole rings is 1. The maximum Gasteiger partial charge on any atom is 0.231 e. The summed E-state index contributed by atoms with van der Waals surface area (Å²) in [7, 11) is 0. The van der Waals surface area contributed by atoms with Crippen LogP contribution in [0.15, 0.2) is 35.7 Å². The Morgan fingerprint density at radius 2 is 2.05 bits per heavy atom. The van der Waals surface area contributed by atoms with E-state index in [9.17, 15) is 4.79 Å². The lowest BCUT2D eigenvalue weighted by molar-refractivity contribution is -0.115. The molecule has 0 atom stereocenters. The first-order valence-corrected chi connectivity index (χ1v) is 7.81. The van der Waals surface area contributed by atoms with Crippen LogP contribution in [-0.4, -0.2) is 21.1 Å². The average Bonchev–Trinajstić information content (AvgIpc) is 3.09. The van der Waals surface area contributed by atoms with Crippen molar-refractivity contribution in [2.24, 2.45) is 0 Å².